The van der Waals surface area contributed by atoms with Crippen molar-refractivity contribution < 1.29 is 14.7 Å². The highest BCUT2D eigenvalue weighted by atomic mass is 16.3. The van der Waals surface area contributed by atoms with Crippen LogP contribution in [0.1, 0.15) is 26.3 Å². The maximum Gasteiger partial charge on any atom is 0.190 e. The maximum atomic E-state index is 12.4. The zero-order valence-corrected chi connectivity index (χ0v) is 10.7. The van der Waals surface area contributed by atoms with Crippen LogP contribution >= 0.6 is 0 Å². The molecule has 0 atom stereocenters. The van der Waals surface area contributed by atoms with Gasteiger partial charge in [-0.2, -0.15) is 0 Å². The molecule has 2 aromatic carbocycles. The molecule has 2 aromatic rings. The predicted molar refractivity (Wildman–Crippen MR) is 75.0 cm³/mol. The molecule has 98 valence electrons. The van der Waals surface area contributed by atoms with E-state index in [1.807, 2.05) is 0 Å². The van der Waals surface area contributed by atoms with E-state index in [1.54, 1.807) is 48.5 Å². The van der Waals surface area contributed by atoms with Crippen LogP contribution in [0.25, 0.3) is 0 Å². The number of allylic oxidation sites excluding steroid dienone is 2. The van der Waals surface area contributed by atoms with Gasteiger partial charge in [0.25, 0.3) is 0 Å². The number of benzene rings is 2. The third-order valence-electron chi connectivity index (χ3n) is 3.41. The Morgan fingerprint density at radius 3 is 2.25 bits per heavy atom. The molecule has 0 aromatic heterocycles. The molecule has 0 spiro atoms. The standard InChI is InChI=1S/C17H12O3/c18-15-8-4-1-5-11(15)9-12-10-16(19)13-6-2-3-7-14(13)17(12)20/h1-8,10,18H,9H2. The van der Waals surface area contributed by atoms with Gasteiger partial charge in [-0.15, -0.1) is 0 Å². The predicted octanol–water partition coefficient (Wildman–Crippen LogP) is 2.94. The van der Waals surface area contributed by atoms with E-state index >= 15 is 0 Å². The van der Waals surface area contributed by atoms with E-state index < -0.39 is 0 Å². The van der Waals surface area contributed by atoms with Crippen molar-refractivity contribution in [2.24, 2.45) is 0 Å². The highest BCUT2D eigenvalue weighted by Crippen LogP contribution is 2.26. The van der Waals surface area contributed by atoms with Crippen LogP contribution in [0.4, 0.5) is 0 Å². The van der Waals surface area contributed by atoms with Crippen LogP contribution in [0.2, 0.25) is 0 Å². The Hall–Kier alpha value is -2.68. The van der Waals surface area contributed by atoms with Crippen molar-refractivity contribution in [3.8, 4) is 5.75 Å². The number of hydrogen-bond acceptors (Lipinski definition) is 3. The van der Waals surface area contributed by atoms with E-state index in [-0.39, 0.29) is 23.7 Å². The zero-order chi connectivity index (χ0) is 14.1. The Labute approximate surface area is 116 Å². The van der Waals surface area contributed by atoms with E-state index in [9.17, 15) is 14.7 Å². The lowest BCUT2D eigenvalue weighted by Gasteiger charge is -2.15. The van der Waals surface area contributed by atoms with E-state index in [4.69, 9.17) is 0 Å². The quantitative estimate of drug-likeness (QED) is 0.907. The molecule has 1 aliphatic carbocycles. The minimum Gasteiger partial charge on any atom is -0.508 e. The third-order valence-corrected chi connectivity index (χ3v) is 3.41. The van der Waals surface area contributed by atoms with Crippen LogP contribution in [-0.2, 0) is 6.42 Å². The second-order valence-electron chi connectivity index (χ2n) is 4.71. The van der Waals surface area contributed by atoms with Crippen LogP contribution in [-0.4, -0.2) is 16.7 Å². The van der Waals surface area contributed by atoms with Gasteiger partial charge in [-0.05, 0) is 17.7 Å². The van der Waals surface area contributed by atoms with Crippen molar-refractivity contribution in [3.05, 3.63) is 76.9 Å². The number of carbonyl (C=O) groups is 2. The van der Waals surface area contributed by atoms with Crippen molar-refractivity contribution in [2.75, 3.05) is 0 Å². The fraction of sp³-hybridized carbons (Fsp3) is 0.0588. The Kier molecular flexibility index (Phi) is 2.95. The fourth-order valence-electron chi connectivity index (χ4n) is 2.37. The molecule has 1 aliphatic rings. The zero-order valence-electron chi connectivity index (χ0n) is 10.7. The van der Waals surface area contributed by atoms with Gasteiger partial charge < -0.3 is 5.11 Å². The monoisotopic (exact) mass is 264 g/mol. The van der Waals surface area contributed by atoms with Gasteiger partial charge in [0, 0.05) is 23.1 Å². The van der Waals surface area contributed by atoms with Gasteiger partial charge in [0.2, 0.25) is 0 Å². The second-order valence-corrected chi connectivity index (χ2v) is 4.71. The molecule has 0 bridgehead atoms. The summed E-state index contributed by atoms with van der Waals surface area (Å²) in [7, 11) is 0. The van der Waals surface area contributed by atoms with Crippen molar-refractivity contribution >= 4 is 11.6 Å². The van der Waals surface area contributed by atoms with Gasteiger partial charge in [-0.3, -0.25) is 9.59 Å². The lowest BCUT2D eigenvalue weighted by Crippen LogP contribution is -2.18. The molecule has 3 nitrogen and oxygen atoms in total. The molecule has 0 unspecified atom stereocenters. The number of aromatic hydroxyl groups is 1. The molecular weight excluding hydrogens is 252 g/mol. The molecule has 0 aliphatic heterocycles. The van der Waals surface area contributed by atoms with Gasteiger partial charge in [0.1, 0.15) is 5.75 Å². The number of phenolic OH excluding ortho intramolecular Hbond substituents is 1. The topological polar surface area (TPSA) is 54.4 Å². The summed E-state index contributed by atoms with van der Waals surface area (Å²) in [6.45, 7) is 0. The Bertz CT molecular complexity index is 741. The summed E-state index contributed by atoms with van der Waals surface area (Å²) in [6.07, 6.45) is 1.63. The molecule has 0 saturated heterocycles. The van der Waals surface area contributed by atoms with Gasteiger partial charge in [0.15, 0.2) is 11.6 Å². The molecule has 0 amide bonds. The number of ketones is 2. The van der Waals surface area contributed by atoms with Crippen LogP contribution in [0.15, 0.2) is 60.2 Å². The number of fused-ring (bicyclic) bond motifs is 1. The first-order valence-corrected chi connectivity index (χ1v) is 6.32. The minimum atomic E-state index is -0.161. The fourth-order valence-corrected chi connectivity index (χ4v) is 2.37. The van der Waals surface area contributed by atoms with Crippen LogP contribution in [0, 0.1) is 0 Å². The van der Waals surface area contributed by atoms with E-state index in [0.717, 1.165) is 0 Å². The molecule has 20 heavy (non-hydrogen) atoms. The smallest absolute Gasteiger partial charge is 0.190 e. The van der Waals surface area contributed by atoms with Gasteiger partial charge in [0.05, 0.1) is 0 Å². The van der Waals surface area contributed by atoms with Crippen molar-refractivity contribution in [1.29, 1.82) is 0 Å². The summed E-state index contributed by atoms with van der Waals surface area (Å²) < 4.78 is 0. The normalized spacial score (nSPS) is 13.9. The molecule has 3 heteroatoms. The molecule has 3 rings (SSSR count). The number of para-hydroxylation sites is 1. The number of rotatable bonds is 2. The summed E-state index contributed by atoms with van der Waals surface area (Å²) in [6, 6.07) is 13.6. The van der Waals surface area contributed by atoms with E-state index in [0.29, 0.717) is 22.3 Å². The number of carbonyl (C=O) groups excluding carboxylic acids is 2. The Morgan fingerprint density at radius 2 is 1.50 bits per heavy atom. The maximum absolute atomic E-state index is 12.4. The summed E-state index contributed by atoms with van der Waals surface area (Å²) in [5, 5.41) is 9.77. The number of Topliss-reactive ketones (excluding diaryl/α,β-unsaturated/α-hetero) is 1. The van der Waals surface area contributed by atoms with Gasteiger partial charge in [-0.1, -0.05) is 42.5 Å². The summed E-state index contributed by atoms with van der Waals surface area (Å²) >= 11 is 0. The average Bonchev–Trinajstić information content (AvgIpc) is 2.47. The van der Waals surface area contributed by atoms with Crippen molar-refractivity contribution in [3.63, 3.8) is 0 Å². The van der Waals surface area contributed by atoms with Crippen molar-refractivity contribution in [1.82, 2.24) is 0 Å². The van der Waals surface area contributed by atoms with E-state index in [2.05, 4.69) is 0 Å². The lowest BCUT2D eigenvalue weighted by molar-refractivity contribution is 0.0982. The molecule has 0 radical (unpaired) electrons. The van der Waals surface area contributed by atoms with E-state index in [1.165, 1.54) is 6.08 Å². The van der Waals surface area contributed by atoms with Crippen LogP contribution < -0.4 is 0 Å². The molecule has 0 heterocycles. The minimum absolute atomic E-state index is 0.132. The van der Waals surface area contributed by atoms with Gasteiger partial charge in [-0.25, -0.2) is 0 Å². The first-order chi connectivity index (χ1) is 9.66. The average molecular weight is 264 g/mol. The van der Waals surface area contributed by atoms with Gasteiger partial charge >= 0.3 is 0 Å². The highest BCUT2D eigenvalue weighted by molar-refractivity contribution is 6.24. The SMILES string of the molecule is O=C1C=C(Cc2ccccc2O)C(=O)c2ccccc21. The second kappa shape index (κ2) is 4.78. The largest absolute Gasteiger partial charge is 0.508 e. The van der Waals surface area contributed by atoms with Crippen LogP contribution in [0.5, 0.6) is 5.75 Å². The molecule has 0 fully saturated rings. The number of hydrogen-bond donors (Lipinski definition) is 1. The Morgan fingerprint density at radius 1 is 0.850 bits per heavy atom. The van der Waals surface area contributed by atoms with Crippen LogP contribution in [0.3, 0.4) is 0 Å². The first-order valence-electron chi connectivity index (χ1n) is 6.32. The van der Waals surface area contributed by atoms with Crippen molar-refractivity contribution in [2.45, 2.75) is 6.42 Å². The third kappa shape index (κ3) is 2.03. The number of phenols is 1. The lowest BCUT2D eigenvalue weighted by atomic mass is 9.86. The summed E-state index contributed by atoms with van der Waals surface area (Å²) in [5.41, 5.74) is 1.93. The first kappa shape index (κ1) is 12.4. The molecule has 0 saturated carbocycles. The summed E-state index contributed by atoms with van der Waals surface area (Å²) in [4.78, 5) is 24.4. The highest BCUT2D eigenvalue weighted by Gasteiger charge is 2.25. The molecular formula is C17H12O3. The summed E-state index contributed by atoms with van der Waals surface area (Å²) in [5.74, 6) is -0.179. The molecule has 1 N–H and O–H groups in total. The Balaban J connectivity index is 1.99.